The van der Waals surface area contributed by atoms with Gasteiger partial charge >= 0.3 is 0 Å². The van der Waals surface area contributed by atoms with Gasteiger partial charge in [-0.1, -0.05) is 11.6 Å². The molecule has 2 rings (SSSR count). The second-order valence-electron chi connectivity index (χ2n) is 3.41. The summed E-state index contributed by atoms with van der Waals surface area (Å²) >= 11 is 0. The van der Waals surface area contributed by atoms with Crippen LogP contribution in [-0.2, 0) is 6.54 Å². The summed E-state index contributed by atoms with van der Waals surface area (Å²) in [4.78, 5) is 12.3. The molecule has 0 amide bonds. The lowest BCUT2D eigenvalue weighted by atomic mass is 10.3. The van der Waals surface area contributed by atoms with Crippen LogP contribution in [0.1, 0.15) is 13.8 Å². The van der Waals surface area contributed by atoms with Crippen molar-refractivity contribution in [3.05, 3.63) is 30.5 Å². The van der Waals surface area contributed by atoms with Crippen molar-refractivity contribution >= 4 is 11.2 Å². The van der Waals surface area contributed by atoms with Gasteiger partial charge in [-0.05, 0) is 13.8 Å². The molecular formula is C10H12N4. The highest BCUT2D eigenvalue weighted by Gasteiger charge is 2.00. The van der Waals surface area contributed by atoms with Gasteiger partial charge in [-0.2, -0.15) is 0 Å². The van der Waals surface area contributed by atoms with Crippen LogP contribution < -0.4 is 0 Å². The van der Waals surface area contributed by atoms with Gasteiger partial charge in [0.1, 0.15) is 11.8 Å². The SMILES string of the molecule is CC(C)=CCn1cnc2cncnc21. The Kier molecular flexibility index (Phi) is 2.26. The largest absolute Gasteiger partial charge is 0.311 e. The van der Waals surface area contributed by atoms with Crippen molar-refractivity contribution < 1.29 is 0 Å². The third kappa shape index (κ3) is 1.64. The first kappa shape index (κ1) is 8.87. The van der Waals surface area contributed by atoms with Crippen LogP contribution in [0.25, 0.3) is 11.2 Å². The van der Waals surface area contributed by atoms with Crippen LogP contribution in [-0.4, -0.2) is 19.5 Å². The molecule has 14 heavy (non-hydrogen) atoms. The molecule has 0 fully saturated rings. The standard InChI is InChI=1S/C10H12N4/c1-8(2)3-4-14-7-13-9-5-11-6-12-10(9)14/h3,5-7H,4H2,1-2H3. The van der Waals surface area contributed by atoms with E-state index in [0.717, 1.165) is 17.7 Å². The first-order valence-electron chi connectivity index (χ1n) is 4.51. The normalized spacial score (nSPS) is 10.4. The average molecular weight is 188 g/mol. The second-order valence-corrected chi connectivity index (χ2v) is 3.41. The fourth-order valence-corrected chi connectivity index (χ4v) is 1.23. The molecule has 0 unspecified atom stereocenters. The van der Waals surface area contributed by atoms with Gasteiger partial charge < -0.3 is 4.57 Å². The maximum atomic E-state index is 4.21. The molecule has 2 aromatic rings. The molecule has 2 aromatic heterocycles. The number of rotatable bonds is 2. The number of allylic oxidation sites excluding steroid dienone is 2. The number of fused-ring (bicyclic) bond motifs is 1. The first-order valence-corrected chi connectivity index (χ1v) is 4.51. The molecule has 0 aliphatic heterocycles. The predicted molar refractivity (Wildman–Crippen MR) is 54.8 cm³/mol. The zero-order valence-corrected chi connectivity index (χ0v) is 8.31. The van der Waals surface area contributed by atoms with Gasteiger partial charge in [0, 0.05) is 6.54 Å². The third-order valence-corrected chi connectivity index (χ3v) is 1.98. The van der Waals surface area contributed by atoms with Crippen molar-refractivity contribution in [1.29, 1.82) is 0 Å². The van der Waals surface area contributed by atoms with E-state index in [1.54, 1.807) is 18.9 Å². The lowest BCUT2D eigenvalue weighted by Crippen LogP contribution is -1.95. The van der Waals surface area contributed by atoms with Crippen molar-refractivity contribution in [3.63, 3.8) is 0 Å². The molecular weight excluding hydrogens is 176 g/mol. The van der Waals surface area contributed by atoms with E-state index in [2.05, 4.69) is 34.9 Å². The van der Waals surface area contributed by atoms with Gasteiger partial charge in [0.05, 0.1) is 12.5 Å². The molecule has 0 saturated heterocycles. The van der Waals surface area contributed by atoms with E-state index < -0.39 is 0 Å². The van der Waals surface area contributed by atoms with Gasteiger partial charge in [-0.15, -0.1) is 0 Å². The minimum absolute atomic E-state index is 0.815. The Hall–Kier alpha value is -1.71. The van der Waals surface area contributed by atoms with E-state index in [4.69, 9.17) is 0 Å². The van der Waals surface area contributed by atoms with Crippen LogP contribution in [0.5, 0.6) is 0 Å². The minimum atomic E-state index is 0.815. The quantitative estimate of drug-likeness (QED) is 0.675. The van der Waals surface area contributed by atoms with E-state index in [1.165, 1.54) is 5.57 Å². The Labute approximate surface area is 82.3 Å². The summed E-state index contributed by atoms with van der Waals surface area (Å²) in [5.41, 5.74) is 3.02. The zero-order valence-electron chi connectivity index (χ0n) is 8.31. The van der Waals surface area contributed by atoms with E-state index in [9.17, 15) is 0 Å². The highest BCUT2D eigenvalue weighted by atomic mass is 15.1. The highest BCUT2D eigenvalue weighted by molar-refractivity contribution is 5.68. The summed E-state index contributed by atoms with van der Waals surface area (Å²) in [6, 6.07) is 0. The van der Waals surface area contributed by atoms with Crippen LogP contribution in [0.3, 0.4) is 0 Å². The summed E-state index contributed by atoms with van der Waals surface area (Å²) in [5, 5.41) is 0. The number of hydrogen-bond donors (Lipinski definition) is 0. The topological polar surface area (TPSA) is 43.6 Å². The Morgan fingerprint density at radius 3 is 3.07 bits per heavy atom. The molecule has 0 saturated carbocycles. The number of nitrogens with zero attached hydrogens (tertiary/aromatic N) is 4. The van der Waals surface area contributed by atoms with Crippen molar-refractivity contribution in [3.8, 4) is 0 Å². The van der Waals surface area contributed by atoms with E-state index in [-0.39, 0.29) is 0 Å². The smallest absolute Gasteiger partial charge is 0.163 e. The summed E-state index contributed by atoms with van der Waals surface area (Å²) in [6.07, 6.45) is 7.20. The Balaban J connectivity index is 2.38. The fourth-order valence-electron chi connectivity index (χ4n) is 1.23. The lowest BCUT2D eigenvalue weighted by molar-refractivity contribution is 0.830. The molecule has 0 bridgehead atoms. The minimum Gasteiger partial charge on any atom is -0.311 e. The van der Waals surface area contributed by atoms with Crippen LogP contribution in [0, 0.1) is 0 Å². The van der Waals surface area contributed by atoms with Crippen LogP contribution >= 0.6 is 0 Å². The van der Waals surface area contributed by atoms with E-state index in [1.807, 2.05) is 4.57 Å². The van der Waals surface area contributed by atoms with Crippen LogP contribution in [0.15, 0.2) is 30.5 Å². The van der Waals surface area contributed by atoms with E-state index in [0.29, 0.717) is 0 Å². The van der Waals surface area contributed by atoms with Gasteiger partial charge in [0.2, 0.25) is 0 Å². The summed E-state index contributed by atoms with van der Waals surface area (Å²) in [7, 11) is 0. The van der Waals surface area contributed by atoms with E-state index >= 15 is 0 Å². The molecule has 0 radical (unpaired) electrons. The molecule has 0 spiro atoms. The van der Waals surface area contributed by atoms with Crippen LogP contribution in [0.4, 0.5) is 0 Å². The van der Waals surface area contributed by atoms with Crippen LogP contribution in [0.2, 0.25) is 0 Å². The number of hydrogen-bond acceptors (Lipinski definition) is 3. The highest BCUT2D eigenvalue weighted by Crippen LogP contribution is 2.07. The molecule has 4 heteroatoms. The maximum Gasteiger partial charge on any atom is 0.163 e. The fraction of sp³-hybridized carbons (Fsp3) is 0.300. The molecule has 0 atom stereocenters. The van der Waals surface area contributed by atoms with Gasteiger partial charge in [0.15, 0.2) is 5.65 Å². The summed E-state index contributed by atoms with van der Waals surface area (Å²) in [6.45, 7) is 4.97. The molecule has 0 N–H and O–H groups in total. The van der Waals surface area contributed by atoms with Crippen molar-refractivity contribution in [2.75, 3.05) is 0 Å². The summed E-state index contributed by atoms with van der Waals surface area (Å²) in [5.74, 6) is 0. The molecule has 0 aromatic carbocycles. The molecule has 2 heterocycles. The zero-order chi connectivity index (χ0) is 9.97. The molecule has 0 aliphatic rings. The van der Waals surface area contributed by atoms with Crippen molar-refractivity contribution in [2.24, 2.45) is 0 Å². The molecule has 72 valence electrons. The van der Waals surface area contributed by atoms with Gasteiger partial charge in [0.25, 0.3) is 0 Å². The monoisotopic (exact) mass is 188 g/mol. The van der Waals surface area contributed by atoms with Gasteiger partial charge in [-0.25, -0.2) is 15.0 Å². The average Bonchev–Trinajstić information content (AvgIpc) is 2.58. The maximum absolute atomic E-state index is 4.21. The summed E-state index contributed by atoms with van der Waals surface area (Å²) < 4.78 is 2.00. The Morgan fingerprint density at radius 2 is 2.29 bits per heavy atom. The van der Waals surface area contributed by atoms with Gasteiger partial charge in [-0.3, -0.25) is 0 Å². The predicted octanol–water partition coefficient (Wildman–Crippen LogP) is 1.79. The van der Waals surface area contributed by atoms with Crippen molar-refractivity contribution in [2.45, 2.75) is 20.4 Å². The Morgan fingerprint density at radius 1 is 1.43 bits per heavy atom. The second kappa shape index (κ2) is 3.57. The Bertz CT molecular complexity index is 466. The lowest BCUT2D eigenvalue weighted by Gasteiger charge is -1.98. The number of imidazole rings is 1. The third-order valence-electron chi connectivity index (χ3n) is 1.98. The first-order chi connectivity index (χ1) is 6.77. The molecule has 0 aliphatic carbocycles. The number of aromatic nitrogens is 4. The van der Waals surface area contributed by atoms with Crippen molar-refractivity contribution in [1.82, 2.24) is 19.5 Å². The molecule has 4 nitrogen and oxygen atoms in total.